The molecule has 0 saturated heterocycles. The van der Waals surface area contributed by atoms with E-state index in [1.54, 1.807) is 0 Å². The Kier molecular flexibility index (Phi) is 1.84. The van der Waals surface area contributed by atoms with Crippen molar-refractivity contribution in [3.8, 4) is 0 Å². The molecule has 0 bridgehead atoms. The molecule has 0 amide bonds. The number of allylic oxidation sites excluding steroid dienone is 5. The molecule has 0 aromatic carbocycles. The van der Waals surface area contributed by atoms with Crippen LogP contribution < -0.4 is 0 Å². The van der Waals surface area contributed by atoms with Crippen LogP contribution in [0.15, 0.2) is 36.4 Å². The highest BCUT2D eigenvalue weighted by Crippen LogP contribution is 2.32. The maximum Gasteiger partial charge on any atom is 0.108 e. The van der Waals surface area contributed by atoms with Crippen molar-refractivity contribution >= 4 is 7.85 Å². The molecule has 0 spiro atoms. The number of rotatable bonds is 1. The molecule has 0 saturated carbocycles. The van der Waals surface area contributed by atoms with Crippen LogP contribution in [0.3, 0.4) is 0 Å². The van der Waals surface area contributed by atoms with E-state index >= 15 is 0 Å². The zero-order valence-corrected chi connectivity index (χ0v) is 6.30. The average molecular weight is 130 g/mol. The molecule has 1 aliphatic rings. The maximum absolute atomic E-state index is 5.62. The quantitative estimate of drug-likeness (QED) is 0.477. The Balaban J connectivity index is 2.80. The Bertz CT molecular complexity index is 201. The van der Waals surface area contributed by atoms with Gasteiger partial charge in [0.25, 0.3) is 0 Å². The Labute approximate surface area is 63.7 Å². The van der Waals surface area contributed by atoms with Gasteiger partial charge < -0.3 is 0 Å². The van der Waals surface area contributed by atoms with Gasteiger partial charge in [0.2, 0.25) is 0 Å². The molecule has 0 aliphatic heterocycles. The predicted molar refractivity (Wildman–Crippen MR) is 45.9 cm³/mol. The van der Waals surface area contributed by atoms with Crippen LogP contribution in [-0.4, -0.2) is 7.85 Å². The molecule has 2 radical (unpaired) electrons. The van der Waals surface area contributed by atoms with Crippen LogP contribution in [0.5, 0.6) is 0 Å². The molecular weight excluding hydrogens is 119 g/mol. The number of hydrogen-bond donors (Lipinski definition) is 0. The zero-order valence-electron chi connectivity index (χ0n) is 6.30. The SMILES string of the molecule is [B]C(=C)C1(C)C=CC=CC1. The van der Waals surface area contributed by atoms with Gasteiger partial charge in [0, 0.05) is 5.41 Å². The fourth-order valence-electron chi connectivity index (χ4n) is 0.966. The van der Waals surface area contributed by atoms with Gasteiger partial charge >= 0.3 is 0 Å². The minimum absolute atomic E-state index is 0.00521. The summed E-state index contributed by atoms with van der Waals surface area (Å²) in [5, 5.41) is 0. The third kappa shape index (κ3) is 1.23. The Morgan fingerprint density at radius 1 is 1.60 bits per heavy atom. The summed E-state index contributed by atoms with van der Waals surface area (Å²) >= 11 is 0. The molecule has 50 valence electrons. The molecule has 0 fully saturated rings. The largest absolute Gasteiger partial charge is 0.115 e. The first-order chi connectivity index (χ1) is 4.65. The summed E-state index contributed by atoms with van der Waals surface area (Å²) in [5.41, 5.74) is 0.738. The summed E-state index contributed by atoms with van der Waals surface area (Å²) in [6, 6.07) is 0. The van der Waals surface area contributed by atoms with Crippen molar-refractivity contribution in [3.05, 3.63) is 36.4 Å². The standard InChI is InChI=1S/C9H11B/c1-8(10)9(2)6-4-3-5-7-9/h3-6H,1,7H2,2H3. The highest BCUT2D eigenvalue weighted by atomic mass is 14.2. The third-order valence-electron chi connectivity index (χ3n) is 1.99. The molecule has 0 aromatic rings. The zero-order chi connectivity index (χ0) is 7.61. The molecule has 1 unspecified atom stereocenters. The minimum atomic E-state index is -0.00521. The van der Waals surface area contributed by atoms with E-state index in [9.17, 15) is 0 Å². The summed E-state index contributed by atoms with van der Waals surface area (Å²) in [5.74, 6) is 0. The van der Waals surface area contributed by atoms with E-state index in [0.717, 1.165) is 11.9 Å². The van der Waals surface area contributed by atoms with Crippen molar-refractivity contribution in [1.29, 1.82) is 0 Å². The van der Waals surface area contributed by atoms with Crippen molar-refractivity contribution in [2.45, 2.75) is 13.3 Å². The van der Waals surface area contributed by atoms with E-state index < -0.39 is 0 Å². The van der Waals surface area contributed by atoms with E-state index in [2.05, 4.69) is 25.7 Å². The van der Waals surface area contributed by atoms with Crippen LogP contribution in [0.4, 0.5) is 0 Å². The van der Waals surface area contributed by atoms with Crippen molar-refractivity contribution in [2.75, 3.05) is 0 Å². The second-order valence-corrected chi connectivity index (χ2v) is 2.93. The average Bonchev–Trinajstić information content (AvgIpc) is 1.89. The summed E-state index contributed by atoms with van der Waals surface area (Å²) in [6.07, 6.45) is 9.22. The minimum Gasteiger partial charge on any atom is -0.115 e. The summed E-state index contributed by atoms with van der Waals surface area (Å²) < 4.78 is 0. The third-order valence-corrected chi connectivity index (χ3v) is 1.99. The fraction of sp³-hybridized carbons (Fsp3) is 0.333. The van der Waals surface area contributed by atoms with Gasteiger partial charge in [-0.05, 0) is 6.42 Å². The molecule has 0 N–H and O–H groups in total. The maximum atomic E-state index is 5.62. The van der Waals surface area contributed by atoms with E-state index in [1.165, 1.54) is 0 Å². The smallest absolute Gasteiger partial charge is 0.108 e. The van der Waals surface area contributed by atoms with Crippen LogP contribution in [0.25, 0.3) is 0 Å². The van der Waals surface area contributed by atoms with Crippen LogP contribution in [-0.2, 0) is 0 Å². The summed E-state index contributed by atoms with van der Waals surface area (Å²) in [4.78, 5) is 0. The molecule has 1 heteroatoms. The molecule has 0 aromatic heterocycles. The van der Waals surface area contributed by atoms with Crippen molar-refractivity contribution in [1.82, 2.24) is 0 Å². The second kappa shape index (κ2) is 2.49. The van der Waals surface area contributed by atoms with Gasteiger partial charge in [-0.15, -0.1) is 12.1 Å². The van der Waals surface area contributed by atoms with E-state index in [-0.39, 0.29) is 5.41 Å². The van der Waals surface area contributed by atoms with Gasteiger partial charge in [-0.1, -0.05) is 31.2 Å². The van der Waals surface area contributed by atoms with Crippen LogP contribution >= 0.6 is 0 Å². The van der Waals surface area contributed by atoms with Gasteiger partial charge in [-0.2, -0.15) is 0 Å². The van der Waals surface area contributed by atoms with Gasteiger partial charge in [0.15, 0.2) is 0 Å². The Morgan fingerprint density at radius 3 is 2.60 bits per heavy atom. The van der Waals surface area contributed by atoms with Crippen LogP contribution in [0.1, 0.15) is 13.3 Å². The van der Waals surface area contributed by atoms with E-state index in [4.69, 9.17) is 7.85 Å². The Morgan fingerprint density at radius 2 is 2.30 bits per heavy atom. The molecule has 1 rings (SSSR count). The van der Waals surface area contributed by atoms with Crippen molar-refractivity contribution in [2.24, 2.45) is 5.41 Å². The van der Waals surface area contributed by atoms with Gasteiger partial charge in [0.1, 0.15) is 7.85 Å². The van der Waals surface area contributed by atoms with E-state index in [1.807, 2.05) is 12.2 Å². The first kappa shape index (κ1) is 7.39. The fourth-order valence-corrected chi connectivity index (χ4v) is 0.966. The second-order valence-electron chi connectivity index (χ2n) is 2.93. The van der Waals surface area contributed by atoms with Gasteiger partial charge in [0.05, 0.1) is 0 Å². The lowest BCUT2D eigenvalue weighted by atomic mass is 9.69. The van der Waals surface area contributed by atoms with Crippen molar-refractivity contribution in [3.63, 3.8) is 0 Å². The molecule has 10 heavy (non-hydrogen) atoms. The van der Waals surface area contributed by atoms with Gasteiger partial charge in [-0.3, -0.25) is 0 Å². The topological polar surface area (TPSA) is 0 Å². The first-order valence-electron chi connectivity index (χ1n) is 3.44. The molecule has 0 nitrogen and oxygen atoms in total. The Hall–Kier alpha value is -0.715. The molecule has 1 atom stereocenters. The highest BCUT2D eigenvalue weighted by molar-refractivity contribution is 6.22. The van der Waals surface area contributed by atoms with Crippen LogP contribution in [0.2, 0.25) is 0 Å². The summed E-state index contributed by atoms with van der Waals surface area (Å²) in [7, 11) is 5.62. The monoisotopic (exact) mass is 130 g/mol. The van der Waals surface area contributed by atoms with Crippen molar-refractivity contribution < 1.29 is 0 Å². The molecule has 1 aliphatic carbocycles. The highest BCUT2D eigenvalue weighted by Gasteiger charge is 2.20. The van der Waals surface area contributed by atoms with Crippen LogP contribution in [0, 0.1) is 5.41 Å². The lowest BCUT2D eigenvalue weighted by molar-refractivity contribution is 0.545. The van der Waals surface area contributed by atoms with E-state index in [0.29, 0.717) is 0 Å². The predicted octanol–water partition coefficient (Wildman–Crippen LogP) is 2.19. The molecular formula is C9H11B. The first-order valence-corrected chi connectivity index (χ1v) is 3.44. The van der Waals surface area contributed by atoms with Gasteiger partial charge in [-0.25, -0.2) is 0 Å². The number of hydrogen-bond acceptors (Lipinski definition) is 0. The summed E-state index contributed by atoms with van der Waals surface area (Å²) in [6.45, 7) is 5.84. The lowest BCUT2D eigenvalue weighted by Crippen LogP contribution is -2.16. The lowest BCUT2D eigenvalue weighted by Gasteiger charge is -2.27. The molecule has 0 heterocycles. The normalized spacial score (nSPS) is 30.5.